The Hall–Kier alpha value is -1.29. The molecular formula is C8H8ClN3O. The van der Waals surface area contributed by atoms with Crippen LogP contribution in [0.2, 0.25) is 5.15 Å². The maximum absolute atomic E-state index is 11.2. The molecule has 0 fully saturated rings. The van der Waals surface area contributed by atoms with E-state index in [1.807, 2.05) is 13.0 Å². The average molecular weight is 198 g/mol. The van der Waals surface area contributed by atoms with Crippen LogP contribution in [-0.2, 0) is 7.05 Å². The van der Waals surface area contributed by atoms with E-state index in [1.165, 1.54) is 4.57 Å². The topological polar surface area (TPSA) is 50.7 Å². The molecule has 0 bridgehead atoms. The zero-order chi connectivity index (χ0) is 9.59. The molecule has 0 aliphatic rings. The second kappa shape index (κ2) is 2.60. The summed E-state index contributed by atoms with van der Waals surface area (Å²) in [6.45, 7) is 1.84. The number of rotatable bonds is 0. The van der Waals surface area contributed by atoms with Crippen molar-refractivity contribution in [2.24, 2.45) is 7.05 Å². The van der Waals surface area contributed by atoms with E-state index in [2.05, 4.69) is 9.97 Å². The molecule has 0 aliphatic heterocycles. The van der Waals surface area contributed by atoms with Crippen molar-refractivity contribution in [3.8, 4) is 0 Å². The number of pyridine rings is 1. The smallest absolute Gasteiger partial charge is 0.303 e. The van der Waals surface area contributed by atoms with E-state index >= 15 is 0 Å². The van der Waals surface area contributed by atoms with Crippen LogP contribution < -0.4 is 5.69 Å². The molecule has 2 heterocycles. The molecular weight excluding hydrogens is 190 g/mol. The van der Waals surface area contributed by atoms with Gasteiger partial charge in [-0.15, -0.1) is 0 Å². The van der Waals surface area contributed by atoms with Gasteiger partial charge in [-0.25, -0.2) is 9.78 Å². The highest BCUT2D eigenvalue weighted by Gasteiger charge is 2.07. The van der Waals surface area contributed by atoms with Crippen molar-refractivity contribution in [2.75, 3.05) is 0 Å². The molecule has 0 aromatic carbocycles. The van der Waals surface area contributed by atoms with E-state index in [9.17, 15) is 4.79 Å². The molecule has 0 spiro atoms. The van der Waals surface area contributed by atoms with E-state index in [1.54, 1.807) is 7.05 Å². The van der Waals surface area contributed by atoms with Gasteiger partial charge in [0.1, 0.15) is 5.52 Å². The lowest BCUT2D eigenvalue weighted by Crippen LogP contribution is -2.11. The van der Waals surface area contributed by atoms with Crippen LogP contribution in [0.25, 0.3) is 11.0 Å². The molecule has 1 N–H and O–H groups in total. The summed E-state index contributed by atoms with van der Waals surface area (Å²) in [5, 5.41) is 0.340. The van der Waals surface area contributed by atoms with Crippen molar-refractivity contribution in [3.63, 3.8) is 0 Å². The summed E-state index contributed by atoms with van der Waals surface area (Å²) < 4.78 is 1.51. The molecule has 0 amide bonds. The Bertz CT molecular complexity index is 526. The first-order chi connectivity index (χ1) is 6.09. The Morgan fingerprint density at radius 1 is 1.62 bits per heavy atom. The van der Waals surface area contributed by atoms with Crippen LogP contribution in [0.15, 0.2) is 10.9 Å². The first kappa shape index (κ1) is 8.31. The van der Waals surface area contributed by atoms with Crippen LogP contribution in [0.4, 0.5) is 0 Å². The summed E-state index contributed by atoms with van der Waals surface area (Å²) in [4.78, 5) is 17.9. The van der Waals surface area contributed by atoms with Gasteiger partial charge in [-0.05, 0) is 13.0 Å². The number of hydrogen-bond donors (Lipinski definition) is 1. The molecule has 13 heavy (non-hydrogen) atoms. The number of imidazole rings is 1. The molecule has 0 saturated heterocycles. The lowest BCUT2D eigenvalue weighted by molar-refractivity contribution is 0.891. The third-order valence-corrected chi connectivity index (χ3v) is 2.25. The lowest BCUT2D eigenvalue weighted by Gasteiger charge is -1.96. The fourth-order valence-corrected chi connectivity index (χ4v) is 1.58. The molecule has 0 radical (unpaired) electrons. The standard InChI is InChI=1S/C8H8ClN3O/c1-4-3-5-6(7(9)10-4)11-8(13)12(5)2/h3H,1-2H3,(H,11,13). The number of aromatic amines is 1. The highest BCUT2D eigenvalue weighted by atomic mass is 35.5. The largest absolute Gasteiger partial charge is 0.326 e. The lowest BCUT2D eigenvalue weighted by atomic mass is 10.3. The maximum atomic E-state index is 11.2. The van der Waals surface area contributed by atoms with Crippen LogP contribution >= 0.6 is 11.6 Å². The van der Waals surface area contributed by atoms with E-state index in [4.69, 9.17) is 11.6 Å². The normalized spacial score (nSPS) is 11.0. The van der Waals surface area contributed by atoms with Crippen molar-refractivity contribution in [1.29, 1.82) is 0 Å². The number of aryl methyl sites for hydroxylation is 2. The third kappa shape index (κ3) is 1.14. The minimum atomic E-state index is -0.177. The van der Waals surface area contributed by atoms with Gasteiger partial charge in [0.05, 0.1) is 5.52 Å². The second-order valence-corrected chi connectivity index (χ2v) is 3.30. The Labute approximate surface area is 79.2 Å². The summed E-state index contributed by atoms with van der Waals surface area (Å²) >= 11 is 5.85. The molecule has 0 unspecified atom stereocenters. The molecule has 68 valence electrons. The minimum Gasteiger partial charge on any atom is -0.303 e. The van der Waals surface area contributed by atoms with Crippen molar-refractivity contribution < 1.29 is 0 Å². The average Bonchev–Trinajstić information content (AvgIpc) is 2.32. The van der Waals surface area contributed by atoms with Crippen LogP contribution in [0.1, 0.15) is 5.69 Å². The SMILES string of the molecule is Cc1cc2c([nH]c(=O)n2C)c(Cl)n1. The van der Waals surface area contributed by atoms with Crippen LogP contribution in [-0.4, -0.2) is 14.5 Å². The van der Waals surface area contributed by atoms with Crippen molar-refractivity contribution in [2.45, 2.75) is 6.92 Å². The van der Waals surface area contributed by atoms with Gasteiger partial charge in [-0.1, -0.05) is 11.6 Å². The molecule has 2 aromatic heterocycles. The first-order valence-electron chi connectivity index (χ1n) is 3.81. The maximum Gasteiger partial charge on any atom is 0.326 e. The van der Waals surface area contributed by atoms with E-state index in [0.717, 1.165) is 11.2 Å². The highest BCUT2D eigenvalue weighted by Crippen LogP contribution is 2.18. The van der Waals surface area contributed by atoms with Gasteiger partial charge >= 0.3 is 5.69 Å². The van der Waals surface area contributed by atoms with E-state index in [0.29, 0.717) is 10.7 Å². The van der Waals surface area contributed by atoms with E-state index < -0.39 is 0 Å². The molecule has 2 rings (SSSR count). The first-order valence-corrected chi connectivity index (χ1v) is 4.19. The quantitative estimate of drug-likeness (QED) is 0.646. The van der Waals surface area contributed by atoms with Gasteiger partial charge < -0.3 is 4.98 Å². The monoisotopic (exact) mass is 197 g/mol. The Morgan fingerprint density at radius 3 is 3.00 bits per heavy atom. The predicted octanol–water partition coefficient (Wildman–Crippen LogP) is 1.22. The number of fused-ring (bicyclic) bond motifs is 1. The summed E-state index contributed by atoms with van der Waals surface area (Å²) in [6, 6.07) is 1.82. The van der Waals surface area contributed by atoms with E-state index in [-0.39, 0.29) is 5.69 Å². The summed E-state index contributed by atoms with van der Waals surface area (Å²) in [5.74, 6) is 0. The summed E-state index contributed by atoms with van der Waals surface area (Å²) in [6.07, 6.45) is 0. The molecule has 4 nitrogen and oxygen atoms in total. The number of halogens is 1. The fourth-order valence-electron chi connectivity index (χ4n) is 1.30. The number of aromatic nitrogens is 3. The Balaban J connectivity index is 3.03. The molecule has 5 heteroatoms. The van der Waals surface area contributed by atoms with Gasteiger partial charge in [0.2, 0.25) is 0 Å². The number of nitrogens with one attached hydrogen (secondary N) is 1. The van der Waals surface area contributed by atoms with Crippen LogP contribution in [0.3, 0.4) is 0 Å². The molecule has 2 aromatic rings. The Kier molecular flexibility index (Phi) is 1.66. The van der Waals surface area contributed by atoms with Gasteiger partial charge in [-0.2, -0.15) is 0 Å². The highest BCUT2D eigenvalue weighted by molar-refractivity contribution is 6.33. The van der Waals surface area contributed by atoms with Crippen molar-refractivity contribution in [1.82, 2.24) is 14.5 Å². The number of H-pyrrole nitrogens is 1. The van der Waals surface area contributed by atoms with Crippen LogP contribution in [0.5, 0.6) is 0 Å². The minimum absolute atomic E-state index is 0.177. The van der Waals surface area contributed by atoms with Crippen molar-refractivity contribution >= 4 is 22.6 Å². The predicted molar refractivity (Wildman–Crippen MR) is 51.1 cm³/mol. The third-order valence-electron chi connectivity index (χ3n) is 1.98. The second-order valence-electron chi connectivity index (χ2n) is 2.94. The zero-order valence-corrected chi connectivity index (χ0v) is 8.01. The fraction of sp³-hybridized carbons (Fsp3) is 0.250. The number of nitrogens with zero attached hydrogens (tertiary/aromatic N) is 2. The zero-order valence-electron chi connectivity index (χ0n) is 7.26. The van der Waals surface area contributed by atoms with Gasteiger partial charge in [-0.3, -0.25) is 4.57 Å². The van der Waals surface area contributed by atoms with Crippen LogP contribution in [0, 0.1) is 6.92 Å². The number of hydrogen-bond acceptors (Lipinski definition) is 2. The van der Waals surface area contributed by atoms with Gasteiger partial charge in [0.15, 0.2) is 5.15 Å². The summed E-state index contributed by atoms with van der Waals surface area (Å²) in [5.41, 5.74) is 2.00. The van der Waals surface area contributed by atoms with Gasteiger partial charge in [0.25, 0.3) is 0 Å². The summed E-state index contributed by atoms with van der Waals surface area (Å²) in [7, 11) is 1.69. The molecule has 0 aliphatic carbocycles. The van der Waals surface area contributed by atoms with Crippen molar-refractivity contribution in [3.05, 3.63) is 27.4 Å². The molecule has 0 atom stereocenters. The Morgan fingerprint density at radius 2 is 2.31 bits per heavy atom. The molecule has 0 saturated carbocycles. The van der Waals surface area contributed by atoms with Gasteiger partial charge in [0, 0.05) is 12.7 Å².